The highest BCUT2D eigenvalue weighted by atomic mass is 32.2. The highest BCUT2D eigenvalue weighted by molar-refractivity contribution is 7.99. The Morgan fingerprint density at radius 1 is 1.00 bits per heavy atom. The SMILES string of the molecule is C[C@@H](NC(=O)[C@@H]1CSCN1CC(=O)N1CCOCC1)C(=O)NSC(Cc1ccc(Oc2ccccc2)cc1)C1CCCCC1. The number of amides is 3. The highest BCUT2D eigenvalue weighted by Gasteiger charge is 2.35. The summed E-state index contributed by atoms with van der Waals surface area (Å²) in [4.78, 5) is 42.8. The summed E-state index contributed by atoms with van der Waals surface area (Å²) < 4.78 is 14.4. The molecule has 2 aromatic rings. The number of benzene rings is 2. The Balaban J connectivity index is 1.12. The molecule has 0 spiro atoms. The zero-order valence-electron chi connectivity index (χ0n) is 25.5. The molecule has 5 rings (SSSR count). The Kier molecular flexibility index (Phi) is 12.3. The van der Waals surface area contributed by atoms with Crippen LogP contribution >= 0.6 is 23.7 Å². The van der Waals surface area contributed by atoms with Crippen molar-refractivity contribution in [1.29, 1.82) is 0 Å². The van der Waals surface area contributed by atoms with Gasteiger partial charge in [-0.25, -0.2) is 0 Å². The van der Waals surface area contributed by atoms with Crippen molar-refractivity contribution >= 4 is 41.4 Å². The number of hydrogen-bond donors (Lipinski definition) is 2. The monoisotopic (exact) mass is 640 g/mol. The zero-order chi connectivity index (χ0) is 30.7. The molecule has 1 aliphatic carbocycles. The van der Waals surface area contributed by atoms with Crippen LogP contribution in [0.1, 0.15) is 44.6 Å². The second-order valence-electron chi connectivity index (χ2n) is 11.8. The predicted molar refractivity (Wildman–Crippen MR) is 176 cm³/mol. The first-order valence-corrected chi connectivity index (χ1v) is 17.7. The average molecular weight is 641 g/mol. The molecule has 3 fully saturated rings. The third kappa shape index (κ3) is 9.39. The van der Waals surface area contributed by atoms with Gasteiger partial charge in [0.1, 0.15) is 17.5 Å². The van der Waals surface area contributed by atoms with Crippen molar-refractivity contribution in [2.24, 2.45) is 5.92 Å². The summed E-state index contributed by atoms with van der Waals surface area (Å²) in [5.41, 5.74) is 1.20. The fraction of sp³-hybridized carbons (Fsp3) is 0.545. The fourth-order valence-corrected chi connectivity index (χ4v) is 8.30. The van der Waals surface area contributed by atoms with Crippen LogP contribution in [0.15, 0.2) is 54.6 Å². The molecule has 11 heteroatoms. The van der Waals surface area contributed by atoms with Gasteiger partial charge in [-0.05, 0) is 73.9 Å². The Morgan fingerprint density at radius 2 is 1.70 bits per heavy atom. The minimum atomic E-state index is -0.682. The van der Waals surface area contributed by atoms with Gasteiger partial charge in [0, 0.05) is 30.0 Å². The van der Waals surface area contributed by atoms with Gasteiger partial charge in [0.15, 0.2) is 0 Å². The molecule has 2 aliphatic heterocycles. The van der Waals surface area contributed by atoms with Crippen molar-refractivity contribution < 1.29 is 23.9 Å². The fourth-order valence-electron chi connectivity index (χ4n) is 5.92. The number of ether oxygens (including phenoxy) is 2. The van der Waals surface area contributed by atoms with Gasteiger partial charge >= 0.3 is 0 Å². The van der Waals surface area contributed by atoms with Crippen molar-refractivity contribution in [3.8, 4) is 11.5 Å². The summed E-state index contributed by atoms with van der Waals surface area (Å²) in [6.45, 7) is 4.19. The number of hydrogen-bond acceptors (Lipinski definition) is 8. The van der Waals surface area contributed by atoms with E-state index in [9.17, 15) is 14.4 Å². The second kappa shape index (κ2) is 16.5. The Labute approximate surface area is 269 Å². The van der Waals surface area contributed by atoms with Gasteiger partial charge in [0.05, 0.1) is 25.8 Å². The van der Waals surface area contributed by atoms with Gasteiger partial charge in [-0.2, -0.15) is 0 Å². The number of rotatable bonds is 12. The minimum Gasteiger partial charge on any atom is -0.457 e. The summed E-state index contributed by atoms with van der Waals surface area (Å²) in [7, 11) is 0. The van der Waals surface area contributed by atoms with E-state index in [1.165, 1.54) is 36.8 Å². The first-order chi connectivity index (χ1) is 21.5. The van der Waals surface area contributed by atoms with E-state index < -0.39 is 12.1 Å². The molecule has 238 valence electrons. The van der Waals surface area contributed by atoms with E-state index >= 15 is 0 Å². The van der Waals surface area contributed by atoms with Crippen molar-refractivity contribution in [3.05, 3.63) is 60.2 Å². The number of carbonyl (C=O) groups is 3. The number of nitrogens with one attached hydrogen (secondary N) is 2. The summed E-state index contributed by atoms with van der Waals surface area (Å²) >= 11 is 3.12. The van der Waals surface area contributed by atoms with E-state index in [2.05, 4.69) is 22.2 Å². The topological polar surface area (TPSA) is 100 Å². The zero-order valence-corrected chi connectivity index (χ0v) is 27.1. The molecular formula is C33H44N4O5S2. The summed E-state index contributed by atoms with van der Waals surface area (Å²) in [5, 5.41) is 3.14. The molecule has 0 radical (unpaired) electrons. The van der Waals surface area contributed by atoms with E-state index in [1.54, 1.807) is 23.6 Å². The molecule has 2 heterocycles. The lowest BCUT2D eigenvalue weighted by Crippen LogP contribution is -2.53. The van der Waals surface area contributed by atoms with Crippen molar-refractivity contribution in [3.63, 3.8) is 0 Å². The normalized spacial score (nSPS) is 20.9. The summed E-state index contributed by atoms with van der Waals surface area (Å²) in [6, 6.07) is 16.8. The van der Waals surface area contributed by atoms with Gasteiger partial charge in [-0.15, -0.1) is 11.8 Å². The van der Waals surface area contributed by atoms with E-state index in [0.717, 1.165) is 30.8 Å². The average Bonchev–Trinajstić information content (AvgIpc) is 3.53. The largest absolute Gasteiger partial charge is 0.457 e. The maximum atomic E-state index is 13.2. The van der Waals surface area contributed by atoms with E-state index in [-0.39, 0.29) is 29.5 Å². The third-order valence-corrected chi connectivity index (χ3v) is 10.8. The molecule has 1 saturated carbocycles. The molecule has 9 nitrogen and oxygen atoms in total. The lowest BCUT2D eigenvalue weighted by Gasteiger charge is -2.31. The lowest BCUT2D eigenvalue weighted by molar-refractivity contribution is -0.138. The lowest BCUT2D eigenvalue weighted by atomic mass is 9.85. The van der Waals surface area contributed by atoms with Gasteiger partial charge in [0.25, 0.3) is 5.91 Å². The van der Waals surface area contributed by atoms with Crippen molar-refractivity contribution in [2.75, 3.05) is 44.5 Å². The van der Waals surface area contributed by atoms with Crippen LogP contribution in [0.2, 0.25) is 0 Å². The minimum absolute atomic E-state index is 0.0166. The second-order valence-corrected chi connectivity index (χ2v) is 13.8. The van der Waals surface area contributed by atoms with E-state index in [4.69, 9.17) is 9.47 Å². The molecular weight excluding hydrogens is 597 g/mol. The molecule has 2 saturated heterocycles. The van der Waals surface area contributed by atoms with Crippen LogP contribution in [-0.2, 0) is 25.5 Å². The van der Waals surface area contributed by atoms with Crippen LogP contribution in [0.25, 0.3) is 0 Å². The smallest absolute Gasteiger partial charge is 0.252 e. The van der Waals surface area contributed by atoms with Gasteiger partial charge in [-0.1, -0.05) is 49.6 Å². The molecule has 3 aliphatic rings. The maximum Gasteiger partial charge on any atom is 0.252 e. The maximum absolute atomic E-state index is 13.2. The van der Waals surface area contributed by atoms with Gasteiger partial charge < -0.3 is 19.7 Å². The van der Waals surface area contributed by atoms with Crippen LogP contribution in [-0.4, -0.2) is 89.3 Å². The molecule has 2 aromatic carbocycles. The molecule has 3 atom stereocenters. The van der Waals surface area contributed by atoms with Crippen molar-refractivity contribution in [2.45, 2.75) is 62.8 Å². The van der Waals surface area contributed by atoms with Gasteiger partial charge in [0.2, 0.25) is 11.8 Å². The van der Waals surface area contributed by atoms with Crippen LogP contribution < -0.4 is 14.8 Å². The Bertz CT molecular complexity index is 1220. The number of morpholine rings is 1. The van der Waals surface area contributed by atoms with Crippen LogP contribution in [0, 0.1) is 5.92 Å². The Morgan fingerprint density at radius 3 is 2.43 bits per heavy atom. The van der Waals surface area contributed by atoms with Crippen LogP contribution in [0.4, 0.5) is 0 Å². The van der Waals surface area contributed by atoms with E-state index in [0.29, 0.717) is 43.9 Å². The molecule has 44 heavy (non-hydrogen) atoms. The molecule has 2 N–H and O–H groups in total. The number of para-hydroxylation sites is 1. The summed E-state index contributed by atoms with van der Waals surface area (Å²) in [6.07, 6.45) is 6.86. The van der Waals surface area contributed by atoms with Crippen LogP contribution in [0.5, 0.6) is 11.5 Å². The van der Waals surface area contributed by atoms with Crippen LogP contribution in [0.3, 0.4) is 0 Å². The Hall–Kier alpha value is -2.73. The van der Waals surface area contributed by atoms with Gasteiger partial charge in [-0.3, -0.25) is 24.0 Å². The van der Waals surface area contributed by atoms with Crippen molar-refractivity contribution in [1.82, 2.24) is 19.8 Å². The quantitative estimate of drug-likeness (QED) is 0.328. The molecule has 1 unspecified atom stereocenters. The number of thioether (sulfide) groups is 1. The third-order valence-electron chi connectivity index (χ3n) is 8.56. The standard InChI is InChI=1S/C33H44N4O5S2/c1-24(34-33(40)29-22-43-23-37(29)21-31(38)36-16-18-41-19-17-36)32(39)35-44-30(26-8-4-2-5-9-26)20-25-12-14-28(15-13-25)42-27-10-6-3-7-11-27/h3,6-7,10-15,24,26,29-30H,2,4-5,8-9,16-23H2,1H3,(H,34,40)(H,35,39)/t24-,29+,30?/m1/s1. The first kappa shape index (κ1) is 32.7. The molecule has 3 amide bonds. The molecule has 0 bridgehead atoms. The number of carbonyl (C=O) groups excluding carboxylic acids is 3. The highest BCUT2D eigenvalue weighted by Crippen LogP contribution is 2.34. The van der Waals surface area contributed by atoms with E-state index in [1.807, 2.05) is 47.4 Å². The predicted octanol–water partition coefficient (Wildman–Crippen LogP) is 4.47. The number of nitrogens with zero attached hydrogens (tertiary/aromatic N) is 2. The first-order valence-electron chi connectivity index (χ1n) is 15.7. The molecule has 0 aromatic heterocycles. The summed E-state index contributed by atoms with van der Waals surface area (Å²) in [5.74, 6) is 2.94.